The van der Waals surface area contributed by atoms with Gasteiger partial charge in [-0.3, -0.25) is 4.90 Å². The predicted octanol–water partition coefficient (Wildman–Crippen LogP) is 1.40. The molecule has 0 radical (unpaired) electrons. The van der Waals surface area contributed by atoms with Crippen LogP contribution >= 0.6 is 0 Å². The third-order valence-electron chi connectivity index (χ3n) is 3.93. The van der Waals surface area contributed by atoms with Crippen molar-refractivity contribution in [1.29, 1.82) is 0 Å². The lowest BCUT2D eigenvalue weighted by molar-refractivity contribution is 0.0259. The van der Waals surface area contributed by atoms with Crippen LogP contribution in [-0.2, 0) is 0 Å². The fraction of sp³-hybridized carbons (Fsp3) is 1.00. The quantitative estimate of drug-likeness (QED) is 0.766. The van der Waals surface area contributed by atoms with Crippen LogP contribution in [0.4, 0.5) is 0 Å². The summed E-state index contributed by atoms with van der Waals surface area (Å²) in [4.78, 5) is 5.04. The molecule has 0 spiro atoms. The molecule has 0 amide bonds. The number of rotatable bonds is 5. The summed E-state index contributed by atoms with van der Waals surface area (Å²) in [6.45, 7) is 11.7. The summed E-state index contributed by atoms with van der Waals surface area (Å²) in [5.74, 6) is 0. The van der Waals surface area contributed by atoms with Gasteiger partial charge in [-0.05, 0) is 34.4 Å². The van der Waals surface area contributed by atoms with Crippen LogP contribution in [0.15, 0.2) is 0 Å². The maximum Gasteiger partial charge on any atom is 0.0309 e. The number of hydrogen-bond acceptors (Lipinski definition) is 3. The van der Waals surface area contributed by atoms with Crippen molar-refractivity contribution >= 4 is 0 Å². The molecule has 16 heavy (non-hydrogen) atoms. The van der Waals surface area contributed by atoms with Gasteiger partial charge in [-0.15, -0.1) is 0 Å². The molecule has 0 aliphatic carbocycles. The van der Waals surface area contributed by atoms with Crippen molar-refractivity contribution in [3.63, 3.8) is 0 Å². The van der Waals surface area contributed by atoms with E-state index in [1.807, 2.05) is 0 Å². The molecule has 1 aliphatic rings. The third-order valence-corrected chi connectivity index (χ3v) is 3.93. The Bertz CT molecular complexity index is 195. The van der Waals surface area contributed by atoms with Crippen LogP contribution in [0, 0.1) is 0 Å². The molecule has 1 N–H and O–H groups in total. The molecule has 3 nitrogen and oxygen atoms in total. The molecule has 1 fully saturated rings. The molecular weight excluding hydrogens is 198 g/mol. The molecule has 0 saturated carbocycles. The van der Waals surface area contributed by atoms with Gasteiger partial charge >= 0.3 is 0 Å². The first-order valence-corrected chi connectivity index (χ1v) is 6.62. The summed E-state index contributed by atoms with van der Waals surface area (Å²) in [5.41, 5.74) is 0.279. The second-order valence-corrected chi connectivity index (χ2v) is 5.66. The van der Waals surface area contributed by atoms with Crippen molar-refractivity contribution < 1.29 is 0 Å². The van der Waals surface area contributed by atoms with E-state index in [4.69, 9.17) is 0 Å². The molecule has 1 rings (SSSR count). The van der Waals surface area contributed by atoms with Crippen molar-refractivity contribution in [2.24, 2.45) is 0 Å². The molecule has 1 heterocycles. The minimum absolute atomic E-state index is 0.279. The molecular formula is C13H29N3. The Morgan fingerprint density at radius 3 is 2.25 bits per heavy atom. The van der Waals surface area contributed by atoms with E-state index >= 15 is 0 Å². The third kappa shape index (κ3) is 3.19. The summed E-state index contributed by atoms with van der Waals surface area (Å²) in [6, 6.07) is 0.649. The smallest absolute Gasteiger partial charge is 0.0309 e. The van der Waals surface area contributed by atoms with E-state index in [9.17, 15) is 0 Å². The molecule has 0 aromatic heterocycles. The average Bonchev–Trinajstić information content (AvgIpc) is 2.26. The van der Waals surface area contributed by atoms with Crippen LogP contribution in [-0.4, -0.2) is 61.7 Å². The highest BCUT2D eigenvalue weighted by molar-refractivity contribution is 4.94. The van der Waals surface area contributed by atoms with Crippen molar-refractivity contribution in [2.75, 3.05) is 40.3 Å². The molecule has 3 heteroatoms. The SMILES string of the molecule is CCCC(N(C)C)C(C)(C)N1CCNCC1. The molecule has 1 aliphatic heterocycles. The lowest BCUT2D eigenvalue weighted by Crippen LogP contribution is -2.61. The van der Waals surface area contributed by atoms with Crippen molar-refractivity contribution in [1.82, 2.24) is 15.1 Å². The second kappa shape index (κ2) is 5.99. The van der Waals surface area contributed by atoms with Gasteiger partial charge in [-0.1, -0.05) is 13.3 Å². The number of piperazine rings is 1. The summed E-state index contributed by atoms with van der Waals surface area (Å²) in [7, 11) is 4.43. The number of hydrogen-bond donors (Lipinski definition) is 1. The predicted molar refractivity (Wildman–Crippen MR) is 70.9 cm³/mol. The standard InChI is InChI=1S/C13H29N3/c1-6-7-12(15(4)5)13(2,3)16-10-8-14-9-11-16/h12,14H,6-11H2,1-5H3. The summed E-state index contributed by atoms with van der Waals surface area (Å²) in [5, 5.41) is 3.43. The van der Waals surface area contributed by atoms with Crippen LogP contribution in [0.1, 0.15) is 33.6 Å². The van der Waals surface area contributed by atoms with E-state index < -0.39 is 0 Å². The van der Waals surface area contributed by atoms with Crippen molar-refractivity contribution in [3.05, 3.63) is 0 Å². The van der Waals surface area contributed by atoms with E-state index in [-0.39, 0.29) is 5.54 Å². The summed E-state index contributed by atoms with van der Waals surface area (Å²) >= 11 is 0. The van der Waals surface area contributed by atoms with E-state index in [0.29, 0.717) is 6.04 Å². The molecule has 1 saturated heterocycles. The summed E-state index contributed by atoms with van der Waals surface area (Å²) in [6.07, 6.45) is 2.54. The van der Waals surface area contributed by atoms with Gasteiger partial charge < -0.3 is 10.2 Å². The van der Waals surface area contributed by atoms with Gasteiger partial charge in [0.2, 0.25) is 0 Å². The molecule has 1 atom stereocenters. The number of nitrogens with one attached hydrogen (secondary N) is 1. The molecule has 96 valence electrons. The fourth-order valence-corrected chi connectivity index (χ4v) is 2.97. The van der Waals surface area contributed by atoms with E-state index in [1.54, 1.807) is 0 Å². The lowest BCUT2D eigenvalue weighted by atomic mass is 9.87. The Morgan fingerprint density at radius 2 is 1.81 bits per heavy atom. The van der Waals surface area contributed by atoms with Gasteiger partial charge in [-0.2, -0.15) is 0 Å². The maximum atomic E-state index is 3.43. The first-order valence-electron chi connectivity index (χ1n) is 6.62. The van der Waals surface area contributed by atoms with Gasteiger partial charge in [0.15, 0.2) is 0 Å². The molecule has 0 bridgehead atoms. The largest absolute Gasteiger partial charge is 0.314 e. The Kier molecular flexibility index (Phi) is 5.22. The fourth-order valence-electron chi connectivity index (χ4n) is 2.97. The van der Waals surface area contributed by atoms with Crippen LogP contribution in [0.25, 0.3) is 0 Å². The van der Waals surface area contributed by atoms with E-state index in [1.165, 1.54) is 25.9 Å². The molecule has 0 aromatic rings. The van der Waals surface area contributed by atoms with Gasteiger partial charge in [0.05, 0.1) is 0 Å². The van der Waals surface area contributed by atoms with Crippen molar-refractivity contribution in [3.8, 4) is 0 Å². The Labute approximate surface area is 101 Å². The van der Waals surface area contributed by atoms with Gasteiger partial charge in [0.25, 0.3) is 0 Å². The molecule has 1 unspecified atom stereocenters. The Balaban J connectivity index is 2.70. The molecule has 0 aromatic carbocycles. The van der Waals surface area contributed by atoms with Crippen LogP contribution < -0.4 is 5.32 Å². The van der Waals surface area contributed by atoms with Gasteiger partial charge in [0, 0.05) is 37.8 Å². The monoisotopic (exact) mass is 227 g/mol. The zero-order chi connectivity index (χ0) is 12.2. The highest BCUT2D eigenvalue weighted by Gasteiger charge is 2.36. The zero-order valence-corrected chi connectivity index (χ0v) is 11.7. The van der Waals surface area contributed by atoms with Gasteiger partial charge in [-0.25, -0.2) is 0 Å². The highest BCUT2D eigenvalue weighted by atomic mass is 15.3. The first kappa shape index (κ1) is 13.9. The van der Waals surface area contributed by atoms with Gasteiger partial charge in [0.1, 0.15) is 0 Å². The van der Waals surface area contributed by atoms with Crippen LogP contribution in [0.2, 0.25) is 0 Å². The maximum absolute atomic E-state index is 3.43. The second-order valence-electron chi connectivity index (χ2n) is 5.66. The minimum atomic E-state index is 0.279. The highest BCUT2D eigenvalue weighted by Crippen LogP contribution is 2.25. The Morgan fingerprint density at radius 1 is 1.25 bits per heavy atom. The van der Waals surface area contributed by atoms with Crippen LogP contribution in [0.5, 0.6) is 0 Å². The minimum Gasteiger partial charge on any atom is -0.314 e. The number of nitrogens with zero attached hydrogens (tertiary/aromatic N) is 2. The number of likely N-dealkylation sites (N-methyl/N-ethyl adjacent to an activating group) is 1. The van der Waals surface area contributed by atoms with E-state index in [2.05, 4.69) is 50.0 Å². The van der Waals surface area contributed by atoms with Crippen molar-refractivity contribution in [2.45, 2.75) is 45.2 Å². The average molecular weight is 227 g/mol. The Hall–Kier alpha value is -0.120. The first-order chi connectivity index (χ1) is 7.50. The zero-order valence-electron chi connectivity index (χ0n) is 11.7. The topological polar surface area (TPSA) is 18.5 Å². The lowest BCUT2D eigenvalue weighted by Gasteiger charge is -2.48. The summed E-state index contributed by atoms with van der Waals surface area (Å²) < 4.78 is 0. The van der Waals surface area contributed by atoms with E-state index in [0.717, 1.165) is 13.1 Å². The normalized spacial score (nSPS) is 21.4. The van der Waals surface area contributed by atoms with Crippen LogP contribution in [0.3, 0.4) is 0 Å².